The molecule has 0 radical (unpaired) electrons. The van der Waals surface area contributed by atoms with E-state index in [1.807, 2.05) is 6.92 Å². The molecule has 25 heavy (non-hydrogen) atoms. The fourth-order valence-corrected chi connectivity index (χ4v) is 2.22. The second kappa shape index (κ2) is 7.09. The number of rotatable bonds is 6. The highest BCUT2D eigenvalue weighted by Gasteiger charge is 2.26. The molecule has 1 aliphatic rings. The van der Waals surface area contributed by atoms with Gasteiger partial charge in [0, 0.05) is 5.56 Å². The molecule has 0 atom stereocenters. The Labute approximate surface area is 145 Å². The van der Waals surface area contributed by atoms with Gasteiger partial charge in [-0.15, -0.1) is 0 Å². The molecule has 0 fully saturated rings. The number of ether oxygens (including phenoxy) is 3. The van der Waals surface area contributed by atoms with Crippen molar-refractivity contribution in [2.45, 2.75) is 6.92 Å². The van der Waals surface area contributed by atoms with Crippen LogP contribution < -0.4 is 9.47 Å². The molecule has 6 heteroatoms. The van der Waals surface area contributed by atoms with Gasteiger partial charge in [0.15, 0.2) is 23.0 Å². The molecule has 0 saturated carbocycles. The van der Waals surface area contributed by atoms with Gasteiger partial charge in [0.1, 0.15) is 6.61 Å². The van der Waals surface area contributed by atoms with Crippen molar-refractivity contribution in [1.82, 2.24) is 0 Å². The summed E-state index contributed by atoms with van der Waals surface area (Å²) >= 11 is 0. The van der Waals surface area contributed by atoms with Crippen LogP contribution in [0.3, 0.4) is 0 Å². The molecule has 0 saturated heterocycles. The van der Waals surface area contributed by atoms with E-state index in [-0.39, 0.29) is 11.6 Å². The number of cyclic esters (lactones) is 1. The Morgan fingerprint density at radius 3 is 2.84 bits per heavy atom. The first-order valence-corrected chi connectivity index (χ1v) is 7.59. The lowest BCUT2D eigenvalue weighted by molar-refractivity contribution is -0.130. The molecule has 1 aromatic carbocycles. The highest BCUT2D eigenvalue weighted by atomic mass is 16.6. The summed E-state index contributed by atoms with van der Waals surface area (Å²) in [6, 6.07) is 8.74. The third-order valence-corrected chi connectivity index (χ3v) is 3.34. The Morgan fingerprint density at radius 1 is 1.32 bits per heavy atom. The van der Waals surface area contributed by atoms with Crippen LogP contribution in [-0.2, 0) is 9.53 Å². The van der Waals surface area contributed by atoms with E-state index in [0.717, 1.165) is 5.57 Å². The number of para-hydroxylation sites is 1. The first-order chi connectivity index (χ1) is 12.1. The SMILES string of the molecule is C=C(C)COc1c(C=C2N=C(c3ccco3)OC2=O)cccc1OC. The van der Waals surface area contributed by atoms with E-state index >= 15 is 0 Å². The van der Waals surface area contributed by atoms with E-state index in [1.54, 1.807) is 43.5 Å². The van der Waals surface area contributed by atoms with E-state index in [1.165, 1.54) is 6.26 Å². The monoisotopic (exact) mass is 339 g/mol. The molecular formula is C19H17NO5. The Hall–Kier alpha value is -3.28. The van der Waals surface area contributed by atoms with E-state index < -0.39 is 5.97 Å². The van der Waals surface area contributed by atoms with Crippen molar-refractivity contribution in [2.24, 2.45) is 4.99 Å². The summed E-state index contributed by atoms with van der Waals surface area (Å²) in [5.41, 5.74) is 1.67. The number of carbonyl (C=O) groups is 1. The molecule has 6 nitrogen and oxygen atoms in total. The van der Waals surface area contributed by atoms with Crippen molar-refractivity contribution in [2.75, 3.05) is 13.7 Å². The number of furan rings is 1. The summed E-state index contributed by atoms with van der Waals surface area (Å²) in [5, 5.41) is 0. The number of aliphatic imine (C=N–C) groups is 1. The van der Waals surface area contributed by atoms with Crippen molar-refractivity contribution in [3.8, 4) is 11.5 Å². The Kier molecular flexibility index (Phi) is 4.70. The number of esters is 1. The highest BCUT2D eigenvalue weighted by Crippen LogP contribution is 2.33. The van der Waals surface area contributed by atoms with Crippen LogP contribution in [0.25, 0.3) is 6.08 Å². The zero-order valence-corrected chi connectivity index (χ0v) is 13.9. The molecule has 0 bridgehead atoms. The van der Waals surface area contributed by atoms with Gasteiger partial charge in [-0.25, -0.2) is 9.79 Å². The van der Waals surface area contributed by atoms with Crippen molar-refractivity contribution in [3.05, 3.63) is 65.8 Å². The summed E-state index contributed by atoms with van der Waals surface area (Å²) < 4.78 is 21.5. The Morgan fingerprint density at radius 2 is 2.16 bits per heavy atom. The molecule has 2 heterocycles. The maximum atomic E-state index is 12.1. The van der Waals surface area contributed by atoms with E-state index in [2.05, 4.69) is 11.6 Å². The maximum absolute atomic E-state index is 12.1. The average molecular weight is 339 g/mol. The van der Waals surface area contributed by atoms with Gasteiger partial charge in [-0.2, -0.15) is 0 Å². The van der Waals surface area contributed by atoms with Crippen LogP contribution >= 0.6 is 0 Å². The Balaban J connectivity index is 1.97. The standard InChI is InChI=1S/C19H17NO5/c1-12(2)11-24-17-13(6-4-7-15(17)22-3)10-14-19(21)25-18(20-14)16-8-5-9-23-16/h4-10H,1,11H2,2-3H3. The molecule has 128 valence electrons. The van der Waals surface area contributed by atoms with Crippen LogP contribution in [0.4, 0.5) is 0 Å². The lowest BCUT2D eigenvalue weighted by atomic mass is 10.1. The molecule has 1 aromatic heterocycles. The quantitative estimate of drug-likeness (QED) is 0.457. The van der Waals surface area contributed by atoms with Crippen molar-refractivity contribution in [1.29, 1.82) is 0 Å². The molecule has 0 amide bonds. The van der Waals surface area contributed by atoms with Crippen LogP contribution in [0.5, 0.6) is 11.5 Å². The zero-order valence-electron chi connectivity index (χ0n) is 13.9. The maximum Gasteiger partial charge on any atom is 0.363 e. The van der Waals surface area contributed by atoms with Gasteiger partial charge in [-0.3, -0.25) is 0 Å². The lowest BCUT2D eigenvalue weighted by Gasteiger charge is -2.13. The molecule has 3 rings (SSSR count). The van der Waals surface area contributed by atoms with Gasteiger partial charge in [-0.1, -0.05) is 18.7 Å². The number of benzene rings is 1. The predicted octanol–water partition coefficient (Wildman–Crippen LogP) is 3.59. The summed E-state index contributed by atoms with van der Waals surface area (Å²) in [5.74, 6) is 1.03. The lowest BCUT2D eigenvalue weighted by Crippen LogP contribution is -2.04. The van der Waals surface area contributed by atoms with E-state index in [9.17, 15) is 4.79 Å². The molecular weight excluding hydrogens is 322 g/mol. The third-order valence-electron chi connectivity index (χ3n) is 3.34. The van der Waals surface area contributed by atoms with E-state index in [4.69, 9.17) is 18.6 Å². The molecule has 0 aliphatic carbocycles. The summed E-state index contributed by atoms with van der Waals surface area (Å²) in [6.45, 7) is 6.02. The van der Waals surface area contributed by atoms with Crippen LogP contribution in [0, 0.1) is 0 Å². The van der Waals surface area contributed by atoms with Crippen LogP contribution in [0.15, 0.2) is 63.9 Å². The third kappa shape index (κ3) is 3.63. The fraction of sp³-hybridized carbons (Fsp3) is 0.158. The fourth-order valence-electron chi connectivity index (χ4n) is 2.22. The average Bonchev–Trinajstić information content (AvgIpc) is 3.23. The minimum atomic E-state index is -0.555. The van der Waals surface area contributed by atoms with Gasteiger partial charge in [0.25, 0.3) is 5.90 Å². The topological polar surface area (TPSA) is 70.3 Å². The van der Waals surface area contributed by atoms with Crippen LogP contribution in [0.1, 0.15) is 18.2 Å². The van der Waals surface area contributed by atoms with Crippen molar-refractivity contribution < 1.29 is 23.4 Å². The van der Waals surface area contributed by atoms with Crippen LogP contribution in [-0.4, -0.2) is 25.6 Å². The first kappa shape index (κ1) is 16.6. The van der Waals surface area contributed by atoms with E-state index in [0.29, 0.717) is 29.4 Å². The number of hydrogen-bond acceptors (Lipinski definition) is 6. The zero-order chi connectivity index (χ0) is 17.8. The molecule has 2 aromatic rings. The summed E-state index contributed by atoms with van der Waals surface area (Å²) in [7, 11) is 1.55. The first-order valence-electron chi connectivity index (χ1n) is 7.59. The van der Waals surface area contributed by atoms with Gasteiger partial charge in [-0.05, 0) is 36.8 Å². The van der Waals surface area contributed by atoms with Gasteiger partial charge in [0.2, 0.25) is 0 Å². The second-order valence-electron chi connectivity index (χ2n) is 5.44. The van der Waals surface area contributed by atoms with Crippen molar-refractivity contribution in [3.63, 3.8) is 0 Å². The number of carbonyl (C=O) groups excluding carboxylic acids is 1. The van der Waals surface area contributed by atoms with Crippen molar-refractivity contribution >= 4 is 17.9 Å². The number of hydrogen-bond donors (Lipinski definition) is 0. The summed E-state index contributed by atoms with van der Waals surface area (Å²) in [4.78, 5) is 16.3. The van der Waals surface area contributed by atoms with Gasteiger partial charge >= 0.3 is 5.97 Å². The number of methoxy groups -OCH3 is 1. The summed E-state index contributed by atoms with van der Waals surface area (Å²) in [6.07, 6.45) is 3.08. The molecule has 0 N–H and O–H groups in total. The highest BCUT2D eigenvalue weighted by molar-refractivity contribution is 6.12. The minimum Gasteiger partial charge on any atom is -0.493 e. The molecule has 0 unspecified atom stereocenters. The van der Waals surface area contributed by atoms with Crippen LogP contribution in [0.2, 0.25) is 0 Å². The Bertz CT molecular complexity index is 862. The van der Waals surface area contributed by atoms with Gasteiger partial charge < -0.3 is 18.6 Å². The normalized spacial score (nSPS) is 15.0. The molecule has 1 aliphatic heterocycles. The van der Waals surface area contributed by atoms with Gasteiger partial charge in [0.05, 0.1) is 13.4 Å². The minimum absolute atomic E-state index is 0.133. The largest absolute Gasteiger partial charge is 0.493 e. The molecule has 0 spiro atoms. The predicted molar refractivity (Wildman–Crippen MR) is 92.6 cm³/mol. The number of nitrogens with zero attached hydrogens (tertiary/aromatic N) is 1. The second-order valence-corrected chi connectivity index (χ2v) is 5.44. The smallest absolute Gasteiger partial charge is 0.363 e.